The number of benzene rings is 3. The van der Waals surface area contributed by atoms with Crippen LogP contribution in [0.4, 0.5) is 10.1 Å². The topological polar surface area (TPSA) is 103 Å². The number of para-hydroxylation sites is 1. The van der Waals surface area contributed by atoms with E-state index in [1.807, 2.05) is 6.07 Å². The van der Waals surface area contributed by atoms with Gasteiger partial charge >= 0.3 is 0 Å². The molecule has 0 fully saturated rings. The largest absolute Gasteiger partial charge is 0.492 e. The molecule has 3 N–H and O–H groups in total. The molecule has 40 heavy (non-hydrogen) atoms. The molecule has 1 heterocycles. The van der Waals surface area contributed by atoms with Gasteiger partial charge in [0.05, 0.1) is 20.1 Å². The van der Waals surface area contributed by atoms with Gasteiger partial charge in [0.1, 0.15) is 18.0 Å². The van der Waals surface area contributed by atoms with E-state index in [1.165, 1.54) is 18.1 Å². The Hall–Kier alpha value is -3.37. The molecule has 0 bridgehead atoms. The van der Waals surface area contributed by atoms with Gasteiger partial charge in [0.2, 0.25) is 5.91 Å². The van der Waals surface area contributed by atoms with Gasteiger partial charge in [-0.15, -0.1) is 12.4 Å². The van der Waals surface area contributed by atoms with E-state index in [1.54, 1.807) is 55.6 Å². The number of nitrogens with zero attached hydrogens (tertiary/aromatic N) is 1. The number of ether oxygens (including phenoxy) is 3. The summed E-state index contributed by atoms with van der Waals surface area (Å²) in [6.45, 7) is 0.864. The quantitative estimate of drug-likeness (QED) is 0.328. The molecule has 11 heteroatoms. The summed E-state index contributed by atoms with van der Waals surface area (Å²) in [7, 11) is 3.14. The van der Waals surface area contributed by atoms with Crippen LogP contribution < -0.4 is 25.4 Å². The molecule has 4 rings (SSSR count). The van der Waals surface area contributed by atoms with Gasteiger partial charge in [-0.25, -0.2) is 4.39 Å². The third-order valence-electron chi connectivity index (χ3n) is 6.45. The van der Waals surface area contributed by atoms with Crippen LogP contribution in [0.3, 0.4) is 0 Å². The molecule has 214 valence electrons. The van der Waals surface area contributed by atoms with Gasteiger partial charge in [0, 0.05) is 41.0 Å². The van der Waals surface area contributed by atoms with Crippen molar-refractivity contribution in [2.45, 2.75) is 31.6 Å². The predicted octanol–water partition coefficient (Wildman–Crippen LogP) is 4.79. The van der Waals surface area contributed by atoms with E-state index in [9.17, 15) is 14.0 Å². The third-order valence-corrected chi connectivity index (χ3v) is 6.68. The van der Waals surface area contributed by atoms with E-state index in [0.717, 1.165) is 0 Å². The number of rotatable bonds is 10. The Kier molecular flexibility index (Phi) is 11.2. The first-order valence-electron chi connectivity index (χ1n) is 12.6. The van der Waals surface area contributed by atoms with Crippen LogP contribution in [0.25, 0.3) is 0 Å². The number of carbonyl (C=O) groups excluding carboxylic acids is 2. The summed E-state index contributed by atoms with van der Waals surface area (Å²) in [6.07, 6.45) is -1.57. The second-order valence-electron chi connectivity index (χ2n) is 9.05. The Bertz CT molecular complexity index is 1340. The number of likely N-dealkylation sites (N-methyl/N-ethyl adjacent to an activating group) is 1. The minimum absolute atomic E-state index is 0. The number of nitrogens with one attached hydrogen (secondary N) is 1. The normalized spacial score (nSPS) is 16.4. The van der Waals surface area contributed by atoms with Crippen LogP contribution in [0, 0.1) is 5.82 Å². The molecule has 3 aromatic rings. The zero-order valence-electron chi connectivity index (χ0n) is 22.2. The first-order valence-corrected chi connectivity index (χ1v) is 12.9. The summed E-state index contributed by atoms with van der Waals surface area (Å²) in [5.74, 6) is -0.355. The Morgan fingerprint density at radius 1 is 1.15 bits per heavy atom. The highest BCUT2D eigenvalue weighted by Crippen LogP contribution is 2.44. The predicted molar refractivity (Wildman–Crippen MR) is 154 cm³/mol. The maximum absolute atomic E-state index is 14.0. The molecule has 1 aliphatic heterocycles. The fourth-order valence-corrected chi connectivity index (χ4v) is 4.64. The highest BCUT2D eigenvalue weighted by atomic mass is 35.5. The molecule has 0 saturated heterocycles. The molecule has 0 radical (unpaired) electrons. The lowest BCUT2D eigenvalue weighted by Gasteiger charge is -2.24. The van der Waals surface area contributed by atoms with Crippen LogP contribution in [-0.4, -0.2) is 45.2 Å². The highest BCUT2D eigenvalue weighted by molar-refractivity contribution is 6.30. The Balaban J connectivity index is 0.00000441. The summed E-state index contributed by atoms with van der Waals surface area (Å²) >= 11 is 6.37. The van der Waals surface area contributed by atoms with Gasteiger partial charge in [-0.3, -0.25) is 9.59 Å². The molecule has 0 aliphatic carbocycles. The fourth-order valence-electron chi connectivity index (χ4n) is 4.46. The number of hydrogen-bond acceptors (Lipinski definition) is 6. The van der Waals surface area contributed by atoms with E-state index in [-0.39, 0.29) is 25.4 Å². The SMILES string of the molecule is COc1c(OCCCN)cccc1[C@@H]1O[C@@H](CC(=O)NCc2ccccc2F)C(=O)N(C)c2ccc(Cl)cc21.Cl. The summed E-state index contributed by atoms with van der Waals surface area (Å²) < 4.78 is 32.0. The molecule has 8 nitrogen and oxygen atoms in total. The number of fused-ring (bicyclic) bond motifs is 1. The summed E-state index contributed by atoms with van der Waals surface area (Å²) in [4.78, 5) is 27.8. The Morgan fingerprint density at radius 3 is 2.65 bits per heavy atom. The van der Waals surface area contributed by atoms with E-state index < -0.39 is 29.8 Å². The fraction of sp³-hybridized carbons (Fsp3) is 0.310. The maximum Gasteiger partial charge on any atom is 0.256 e. The average molecular weight is 592 g/mol. The lowest BCUT2D eigenvalue weighted by molar-refractivity contribution is -0.137. The van der Waals surface area contributed by atoms with Gasteiger partial charge in [-0.1, -0.05) is 41.9 Å². The number of anilines is 1. The van der Waals surface area contributed by atoms with E-state index in [4.69, 9.17) is 31.5 Å². The number of amides is 2. The zero-order chi connectivity index (χ0) is 27.9. The van der Waals surface area contributed by atoms with Crippen molar-refractivity contribution in [3.8, 4) is 11.5 Å². The number of halogens is 3. The molecule has 3 aromatic carbocycles. The van der Waals surface area contributed by atoms with E-state index >= 15 is 0 Å². The van der Waals surface area contributed by atoms with E-state index in [2.05, 4.69) is 5.32 Å². The third kappa shape index (κ3) is 7.03. The Morgan fingerprint density at radius 2 is 1.93 bits per heavy atom. The van der Waals surface area contributed by atoms with Crippen LogP contribution in [0.15, 0.2) is 60.7 Å². The highest BCUT2D eigenvalue weighted by Gasteiger charge is 2.37. The smallest absolute Gasteiger partial charge is 0.256 e. The van der Waals surface area contributed by atoms with Crippen molar-refractivity contribution in [3.05, 3.63) is 88.2 Å². The molecule has 0 saturated carbocycles. The molecule has 2 atom stereocenters. The number of carbonyl (C=O) groups is 2. The average Bonchev–Trinajstić information content (AvgIpc) is 3.03. The number of nitrogens with two attached hydrogens (primary N) is 1. The first-order chi connectivity index (χ1) is 18.8. The van der Waals surface area contributed by atoms with Gasteiger partial charge in [0.15, 0.2) is 11.5 Å². The van der Waals surface area contributed by atoms with Gasteiger partial charge in [-0.05, 0) is 43.3 Å². The maximum atomic E-state index is 14.0. The van der Waals surface area contributed by atoms with Crippen molar-refractivity contribution in [2.24, 2.45) is 5.73 Å². The Labute approximate surface area is 243 Å². The lowest BCUT2D eigenvalue weighted by atomic mass is 9.98. The zero-order valence-corrected chi connectivity index (χ0v) is 23.8. The number of methoxy groups -OCH3 is 1. The van der Waals surface area contributed by atoms with Crippen LogP contribution in [0.1, 0.15) is 35.6 Å². The number of hydrogen-bond donors (Lipinski definition) is 2. The van der Waals surface area contributed by atoms with Crippen molar-refractivity contribution >= 4 is 41.5 Å². The van der Waals surface area contributed by atoms with E-state index in [0.29, 0.717) is 58.5 Å². The summed E-state index contributed by atoms with van der Waals surface area (Å²) in [6, 6.07) is 16.7. The summed E-state index contributed by atoms with van der Waals surface area (Å²) in [5.41, 5.74) is 7.76. The van der Waals surface area contributed by atoms with Crippen molar-refractivity contribution < 1.29 is 28.2 Å². The lowest BCUT2D eigenvalue weighted by Crippen LogP contribution is -2.40. The molecule has 0 aromatic heterocycles. The standard InChI is InChI=1S/C29H31ClFN3O5.ClH/c1-34-23-12-11-19(30)15-21(23)27(20-8-5-10-24(28(20)37-2)38-14-6-13-32)39-25(29(34)36)16-26(35)33-17-18-7-3-4-9-22(18)31;/h3-5,7-12,15,25,27H,6,13-14,16-17,32H2,1-2H3,(H,33,35);1H/t25-,27-;/m0./s1. The first kappa shape index (κ1) is 31.2. The minimum Gasteiger partial charge on any atom is -0.492 e. The van der Waals surface area contributed by atoms with Crippen LogP contribution in [-0.2, 0) is 20.9 Å². The molecule has 2 amide bonds. The van der Waals surface area contributed by atoms with Crippen LogP contribution in [0.2, 0.25) is 5.02 Å². The molecule has 0 spiro atoms. The molecule has 1 aliphatic rings. The van der Waals surface area contributed by atoms with Gasteiger partial charge in [-0.2, -0.15) is 0 Å². The molecular weight excluding hydrogens is 560 g/mol. The molecular formula is C29H32Cl2FN3O5. The summed E-state index contributed by atoms with van der Waals surface area (Å²) in [5, 5.41) is 3.14. The van der Waals surface area contributed by atoms with Crippen molar-refractivity contribution in [1.29, 1.82) is 0 Å². The van der Waals surface area contributed by atoms with Crippen molar-refractivity contribution in [2.75, 3.05) is 32.2 Å². The molecule has 0 unspecified atom stereocenters. The second kappa shape index (κ2) is 14.3. The van der Waals surface area contributed by atoms with Crippen molar-refractivity contribution in [1.82, 2.24) is 5.32 Å². The minimum atomic E-state index is -1.14. The van der Waals surface area contributed by atoms with Gasteiger partial charge in [0.25, 0.3) is 5.91 Å². The van der Waals surface area contributed by atoms with Crippen LogP contribution >= 0.6 is 24.0 Å². The van der Waals surface area contributed by atoms with Crippen molar-refractivity contribution in [3.63, 3.8) is 0 Å². The van der Waals surface area contributed by atoms with Gasteiger partial charge < -0.3 is 30.2 Å². The monoisotopic (exact) mass is 591 g/mol. The second-order valence-corrected chi connectivity index (χ2v) is 9.48. The van der Waals surface area contributed by atoms with Crippen LogP contribution in [0.5, 0.6) is 11.5 Å².